The number of ether oxygens (including phenoxy) is 1. The Morgan fingerprint density at radius 2 is 1.84 bits per heavy atom. The molecule has 1 N–H and O–H groups in total. The van der Waals surface area contributed by atoms with Gasteiger partial charge in [-0.05, 0) is 44.2 Å². The first-order valence-electron chi connectivity index (χ1n) is 6.22. The molecule has 0 spiro atoms. The molecule has 3 heteroatoms. The van der Waals surface area contributed by atoms with Gasteiger partial charge < -0.3 is 10.1 Å². The van der Waals surface area contributed by atoms with Crippen molar-refractivity contribution in [2.24, 2.45) is 0 Å². The first kappa shape index (κ1) is 13.0. The molecular weight excluding hydrogens is 236 g/mol. The lowest BCUT2D eigenvalue weighted by molar-refractivity contribution is 0.484. The van der Waals surface area contributed by atoms with E-state index in [0.29, 0.717) is 5.56 Å². The lowest BCUT2D eigenvalue weighted by Gasteiger charge is -2.15. The van der Waals surface area contributed by atoms with Crippen LogP contribution in [-0.2, 0) is 0 Å². The van der Waals surface area contributed by atoms with Crippen LogP contribution in [0.4, 0.5) is 5.69 Å². The molecule has 0 fully saturated rings. The van der Waals surface area contributed by atoms with Crippen LogP contribution in [0.2, 0.25) is 0 Å². The van der Waals surface area contributed by atoms with Gasteiger partial charge in [-0.1, -0.05) is 18.2 Å². The molecule has 0 heterocycles. The summed E-state index contributed by atoms with van der Waals surface area (Å²) in [5, 5.41) is 12.3. The van der Waals surface area contributed by atoms with Crippen molar-refractivity contribution >= 4 is 5.69 Å². The molecule has 2 rings (SSSR count). The van der Waals surface area contributed by atoms with E-state index in [1.54, 1.807) is 12.1 Å². The molecule has 19 heavy (non-hydrogen) atoms. The zero-order valence-electron chi connectivity index (χ0n) is 11.1. The van der Waals surface area contributed by atoms with E-state index in [2.05, 4.69) is 11.4 Å². The van der Waals surface area contributed by atoms with E-state index in [1.807, 2.05) is 50.2 Å². The highest BCUT2D eigenvalue weighted by Crippen LogP contribution is 2.30. The molecule has 0 atom stereocenters. The molecule has 0 aliphatic heterocycles. The summed E-state index contributed by atoms with van der Waals surface area (Å²) in [6.45, 7) is 4.09. The minimum absolute atomic E-state index is 0.270. The molecule has 2 aromatic carbocycles. The van der Waals surface area contributed by atoms with Crippen LogP contribution in [0.15, 0.2) is 48.5 Å². The van der Waals surface area contributed by atoms with Crippen molar-refractivity contribution in [1.82, 2.24) is 0 Å². The maximum atomic E-state index is 8.96. The maximum Gasteiger partial charge on any atom is 0.150 e. The summed E-state index contributed by atoms with van der Waals surface area (Å²) in [4.78, 5) is 0. The van der Waals surface area contributed by atoms with E-state index in [9.17, 15) is 0 Å². The fourth-order valence-corrected chi connectivity index (χ4v) is 1.73. The molecule has 0 bridgehead atoms. The number of anilines is 1. The third kappa shape index (κ3) is 3.49. The average Bonchev–Trinajstić information content (AvgIpc) is 2.41. The van der Waals surface area contributed by atoms with Gasteiger partial charge in [-0.15, -0.1) is 0 Å². The second kappa shape index (κ2) is 5.92. The number of nitrogens with one attached hydrogen (secondary N) is 1. The number of nitrogens with zero attached hydrogens (tertiary/aromatic N) is 1. The third-order valence-electron chi connectivity index (χ3n) is 2.52. The van der Waals surface area contributed by atoms with Gasteiger partial charge in [0.2, 0.25) is 0 Å². The Balaban J connectivity index is 2.31. The number of nitriles is 1. The molecule has 3 nitrogen and oxygen atoms in total. The van der Waals surface area contributed by atoms with E-state index in [-0.39, 0.29) is 6.04 Å². The summed E-state index contributed by atoms with van der Waals surface area (Å²) in [6, 6.07) is 17.4. The van der Waals surface area contributed by atoms with Crippen LogP contribution < -0.4 is 10.1 Å². The molecule has 0 aliphatic carbocycles. The van der Waals surface area contributed by atoms with Gasteiger partial charge in [0.1, 0.15) is 5.75 Å². The van der Waals surface area contributed by atoms with Crippen molar-refractivity contribution < 1.29 is 4.74 Å². The van der Waals surface area contributed by atoms with Crippen molar-refractivity contribution in [2.75, 3.05) is 5.32 Å². The van der Waals surface area contributed by atoms with Crippen LogP contribution in [0.25, 0.3) is 0 Å². The molecule has 2 aromatic rings. The fraction of sp³-hybridized carbons (Fsp3) is 0.188. The maximum absolute atomic E-state index is 8.96. The highest BCUT2D eigenvalue weighted by Gasteiger charge is 2.07. The summed E-state index contributed by atoms with van der Waals surface area (Å²) in [7, 11) is 0. The Morgan fingerprint density at radius 1 is 1.11 bits per heavy atom. The summed E-state index contributed by atoms with van der Waals surface area (Å²) >= 11 is 0. The van der Waals surface area contributed by atoms with Gasteiger partial charge in [-0.3, -0.25) is 0 Å². The summed E-state index contributed by atoms with van der Waals surface area (Å²) in [6.07, 6.45) is 0. The molecule has 0 saturated heterocycles. The molecule has 0 radical (unpaired) electrons. The number of hydrogen-bond acceptors (Lipinski definition) is 3. The lowest BCUT2D eigenvalue weighted by atomic mass is 10.2. The molecule has 0 aliphatic rings. The van der Waals surface area contributed by atoms with E-state index in [4.69, 9.17) is 10.00 Å². The lowest BCUT2D eigenvalue weighted by Crippen LogP contribution is -2.10. The van der Waals surface area contributed by atoms with Crippen molar-refractivity contribution in [1.29, 1.82) is 5.26 Å². The SMILES string of the molecule is CC(C)Nc1cc(C#N)ccc1Oc1ccccc1. The number of benzene rings is 2. The first-order valence-corrected chi connectivity index (χ1v) is 6.22. The Hall–Kier alpha value is -2.47. The molecule has 0 unspecified atom stereocenters. The standard InChI is InChI=1S/C16H16N2O/c1-12(2)18-15-10-13(11-17)8-9-16(15)19-14-6-4-3-5-7-14/h3-10,12,18H,1-2H3. The summed E-state index contributed by atoms with van der Waals surface area (Å²) < 4.78 is 5.84. The number of hydrogen-bond donors (Lipinski definition) is 1. The van der Waals surface area contributed by atoms with E-state index < -0.39 is 0 Å². The monoisotopic (exact) mass is 252 g/mol. The van der Waals surface area contributed by atoms with Crippen LogP contribution >= 0.6 is 0 Å². The van der Waals surface area contributed by atoms with Crippen molar-refractivity contribution in [2.45, 2.75) is 19.9 Å². The van der Waals surface area contributed by atoms with Crippen molar-refractivity contribution in [3.63, 3.8) is 0 Å². The van der Waals surface area contributed by atoms with Crippen molar-refractivity contribution in [3.8, 4) is 17.6 Å². The second-order valence-electron chi connectivity index (χ2n) is 4.54. The van der Waals surface area contributed by atoms with E-state index >= 15 is 0 Å². The van der Waals surface area contributed by atoms with Gasteiger partial charge in [-0.2, -0.15) is 5.26 Å². The molecule has 0 saturated carbocycles. The van der Waals surface area contributed by atoms with Gasteiger partial charge in [0, 0.05) is 6.04 Å². The Bertz CT molecular complexity index is 585. The predicted molar refractivity (Wildman–Crippen MR) is 76.4 cm³/mol. The fourth-order valence-electron chi connectivity index (χ4n) is 1.73. The molecular formula is C16H16N2O. The Kier molecular flexibility index (Phi) is 4.04. The van der Waals surface area contributed by atoms with E-state index in [0.717, 1.165) is 17.2 Å². The smallest absolute Gasteiger partial charge is 0.150 e. The molecule has 0 amide bonds. The molecule has 96 valence electrons. The van der Waals surface area contributed by atoms with Crippen LogP contribution in [0.5, 0.6) is 11.5 Å². The van der Waals surface area contributed by atoms with Crippen molar-refractivity contribution in [3.05, 3.63) is 54.1 Å². The van der Waals surface area contributed by atoms with Crippen LogP contribution in [-0.4, -0.2) is 6.04 Å². The van der Waals surface area contributed by atoms with Crippen LogP contribution in [0.1, 0.15) is 19.4 Å². The Labute approximate surface area is 113 Å². The normalized spacial score (nSPS) is 10.0. The predicted octanol–water partition coefficient (Wildman–Crippen LogP) is 4.17. The Morgan fingerprint density at radius 3 is 2.47 bits per heavy atom. The van der Waals surface area contributed by atoms with Gasteiger partial charge in [-0.25, -0.2) is 0 Å². The van der Waals surface area contributed by atoms with Gasteiger partial charge in [0.15, 0.2) is 5.75 Å². The van der Waals surface area contributed by atoms with Gasteiger partial charge in [0.25, 0.3) is 0 Å². The topological polar surface area (TPSA) is 45.0 Å². The summed E-state index contributed by atoms with van der Waals surface area (Å²) in [5.74, 6) is 1.50. The second-order valence-corrected chi connectivity index (χ2v) is 4.54. The summed E-state index contributed by atoms with van der Waals surface area (Å²) in [5.41, 5.74) is 1.45. The van der Waals surface area contributed by atoms with Gasteiger partial charge >= 0.3 is 0 Å². The number of para-hydroxylation sites is 1. The average molecular weight is 252 g/mol. The number of rotatable bonds is 4. The van der Waals surface area contributed by atoms with E-state index in [1.165, 1.54) is 0 Å². The van der Waals surface area contributed by atoms with Gasteiger partial charge in [0.05, 0.1) is 17.3 Å². The third-order valence-corrected chi connectivity index (χ3v) is 2.52. The minimum Gasteiger partial charge on any atom is -0.455 e. The highest BCUT2D eigenvalue weighted by atomic mass is 16.5. The zero-order valence-corrected chi connectivity index (χ0v) is 11.1. The molecule has 0 aromatic heterocycles. The zero-order chi connectivity index (χ0) is 13.7. The van der Waals surface area contributed by atoms with Crippen LogP contribution in [0, 0.1) is 11.3 Å². The quantitative estimate of drug-likeness (QED) is 0.888. The highest BCUT2D eigenvalue weighted by molar-refractivity contribution is 5.61. The first-order chi connectivity index (χ1) is 9.19. The largest absolute Gasteiger partial charge is 0.455 e. The van der Waals surface area contributed by atoms with Crippen LogP contribution in [0.3, 0.4) is 0 Å². The minimum atomic E-state index is 0.270.